The average Bonchev–Trinajstić information content (AvgIpc) is 2.86. The summed E-state index contributed by atoms with van der Waals surface area (Å²) in [6.07, 6.45) is 1.04. The predicted molar refractivity (Wildman–Crippen MR) is 74.6 cm³/mol. The molecule has 1 heterocycles. The Morgan fingerprint density at radius 3 is 2.89 bits per heavy atom. The van der Waals surface area contributed by atoms with Gasteiger partial charge in [0.25, 0.3) is 0 Å². The van der Waals surface area contributed by atoms with Gasteiger partial charge < -0.3 is 20.9 Å². The Kier molecular flexibility index (Phi) is 3.95. The van der Waals surface area contributed by atoms with Crippen LogP contribution in [-0.4, -0.2) is 30.3 Å². The molecule has 2 unspecified atom stereocenters. The number of hydrogen-bond acceptors (Lipinski definition) is 4. The third kappa shape index (κ3) is 2.98. The Morgan fingerprint density at radius 2 is 2.32 bits per heavy atom. The molecule has 2 rings (SSSR count). The molecule has 0 radical (unpaired) electrons. The lowest BCUT2D eigenvalue weighted by Crippen LogP contribution is -2.26. The number of hydrogen-bond donors (Lipinski definition) is 3. The Balaban J connectivity index is 2.18. The summed E-state index contributed by atoms with van der Waals surface area (Å²) in [6.45, 7) is 5.47. The largest absolute Gasteiger partial charge is 0.478 e. The number of carboxylic acids is 1. The van der Waals surface area contributed by atoms with E-state index in [2.05, 4.69) is 12.2 Å². The van der Waals surface area contributed by atoms with Gasteiger partial charge in [-0.1, -0.05) is 0 Å². The fourth-order valence-corrected chi connectivity index (χ4v) is 2.39. The SMILES string of the molecule is Cc1cc(NC(C)C2CCOC2)cc(C(=O)O)c1N. The minimum absolute atomic E-state index is 0.150. The number of carboxylic acid groups (broad SMARTS) is 1. The lowest BCUT2D eigenvalue weighted by atomic mass is 9.99. The van der Waals surface area contributed by atoms with Gasteiger partial charge in [0.15, 0.2) is 0 Å². The quantitative estimate of drug-likeness (QED) is 0.725. The van der Waals surface area contributed by atoms with Crippen molar-refractivity contribution in [2.24, 2.45) is 5.92 Å². The van der Waals surface area contributed by atoms with Gasteiger partial charge in [0.1, 0.15) is 0 Å². The maximum atomic E-state index is 11.1. The average molecular weight is 264 g/mol. The molecule has 0 aliphatic carbocycles. The van der Waals surface area contributed by atoms with E-state index in [9.17, 15) is 4.79 Å². The van der Waals surface area contributed by atoms with Crippen molar-refractivity contribution in [1.29, 1.82) is 0 Å². The molecule has 19 heavy (non-hydrogen) atoms. The number of carbonyl (C=O) groups is 1. The van der Waals surface area contributed by atoms with Crippen LogP contribution in [0.4, 0.5) is 11.4 Å². The number of aryl methyl sites for hydroxylation is 1. The maximum absolute atomic E-state index is 11.1. The molecular formula is C14H20N2O3. The third-order valence-electron chi connectivity index (χ3n) is 3.68. The Hall–Kier alpha value is -1.75. The highest BCUT2D eigenvalue weighted by Crippen LogP contribution is 2.25. The van der Waals surface area contributed by atoms with E-state index < -0.39 is 5.97 Å². The van der Waals surface area contributed by atoms with Crippen molar-refractivity contribution in [2.45, 2.75) is 26.3 Å². The molecule has 1 aromatic rings. The fraction of sp³-hybridized carbons (Fsp3) is 0.500. The molecular weight excluding hydrogens is 244 g/mol. The van der Waals surface area contributed by atoms with E-state index in [0.29, 0.717) is 11.6 Å². The van der Waals surface area contributed by atoms with Crippen LogP contribution in [-0.2, 0) is 4.74 Å². The van der Waals surface area contributed by atoms with Crippen LogP contribution in [0.25, 0.3) is 0 Å². The molecule has 0 saturated carbocycles. The van der Waals surface area contributed by atoms with E-state index in [1.165, 1.54) is 0 Å². The number of aromatic carboxylic acids is 1. The summed E-state index contributed by atoms with van der Waals surface area (Å²) in [4.78, 5) is 11.1. The summed E-state index contributed by atoms with van der Waals surface area (Å²) in [7, 11) is 0. The highest BCUT2D eigenvalue weighted by Gasteiger charge is 2.22. The van der Waals surface area contributed by atoms with Gasteiger partial charge in [0, 0.05) is 29.9 Å². The topological polar surface area (TPSA) is 84.6 Å². The summed E-state index contributed by atoms with van der Waals surface area (Å²) in [5.74, 6) is -0.535. The van der Waals surface area contributed by atoms with E-state index >= 15 is 0 Å². The van der Waals surface area contributed by atoms with Crippen molar-refractivity contribution in [3.05, 3.63) is 23.3 Å². The first-order valence-electron chi connectivity index (χ1n) is 6.46. The molecule has 0 spiro atoms. The van der Waals surface area contributed by atoms with Crippen molar-refractivity contribution < 1.29 is 14.6 Å². The normalized spacial score (nSPS) is 20.2. The fourth-order valence-electron chi connectivity index (χ4n) is 2.39. The van der Waals surface area contributed by atoms with Crippen molar-refractivity contribution in [3.63, 3.8) is 0 Å². The third-order valence-corrected chi connectivity index (χ3v) is 3.68. The summed E-state index contributed by atoms with van der Waals surface area (Å²) in [5.41, 5.74) is 7.83. The van der Waals surface area contributed by atoms with E-state index in [4.69, 9.17) is 15.6 Å². The number of nitrogens with two attached hydrogens (primary N) is 1. The minimum Gasteiger partial charge on any atom is -0.478 e. The van der Waals surface area contributed by atoms with E-state index in [-0.39, 0.29) is 11.6 Å². The molecule has 5 nitrogen and oxygen atoms in total. The van der Waals surface area contributed by atoms with Crippen LogP contribution in [0.1, 0.15) is 29.3 Å². The molecule has 1 aliphatic heterocycles. The number of nitrogen functional groups attached to an aromatic ring is 1. The van der Waals surface area contributed by atoms with Crippen LogP contribution in [0.2, 0.25) is 0 Å². The van der Waals surface area contributed by atoms with Crippen LogP contribution in [0.15, 0.2) is 12.1 Å². The van der Waals surface area contributed by atoms with Crippen molar-refractivity contribution in [1.82, 2.24) is 0 Å². The van der Waals surface area contributed by atoms with Gasteiger partial charge in [0.05, 0.1) is 12.2 Å². The first kappa shape index (κ1) is 13.7. The zero-order valence-corrected chi connectivity index (χ0v) is 11.3. The standard InChI is InChI=1S/C14H20N2O3/c1-8-5-11(6-12(13(8)15)14(17)18)16-9(2)10-3-4-19-7-10/h5-6,9-10,16H,3-4,7,15H2,1-2H3,(H,17,18). The molecule has 1 aromatic carbocycles. The maximum Gasteiger partial charge on any atom is 0.337 e. The molecule has 1 aliphatic rings. The smallest absolute Gasteiger partial charge is 0.337 e. The number of nitrogens with one attached hydrogen (secondary N) is 1. The van der Waals surface area contributed by atoms with Crippen LogP contribution in [0.5, 0.6) is 0 Å². The van der Waals surface area contributed by atoms with Crippen molar-refractivity contribution in [3.8, 4) is 0 Å². The van der Waals surface area contributed by atoms with Crippen LogP contribution >= 0.6 is 0 Å². The van der Waals surface area contributed by atoms with E-state index in [1.807, 2.05) is 13.0 Å². The molecule has 104 valence electrons. The Bertz CT molecular complexity index is 482. The molecule has 0 aromatic heterocycles. The summed E-state index contributed by atoms with van der Waals surface area (Å²) in [5, 5.41) is 12.5. The first-order chi connectivity index (χ1) is 8.99. The summed E-state index contributed by atoms with van der Waals surface area (Å²) < 4.78 is 5.37. The van der Waals surface area contributed by atoms with Gasteiger partial charge in [0.2, 0.25) is 0 Å². The minimum atomic E-state index is -0.999. The van der Waals surface area contributed by atoms with E-state index in [1.54, 1.807) is 6.07 Å². The van der Waals surface area contributed by atoms with Crippen LogP contribution < -0.4 is 11.1 Å². The van der Waals surface area contributed by atoms with Crippen molar-refractivity contribution in [2.75, 3.05) is 24.3 Å². The van der Waals surface area contributed by atoms with Crippen LogP contribution in [0, 0.1) is 12.8 Å². The second-order valence-electron chi connectivity index (χ2n) is 5.12. The second kappa shape index (κ2) is 5.48. The van der Waals surface area contributed by atoms with E-state index in [0.717, 1.165) is 30.9 Å². The zero-order chi connectivity index (χ0) is 14.0. The van der Waals surface area contributed by atoms with Gasteiger partial charge in [-0.3, -0.25) is 0 Å². The van der Waals surface area contributed by atoms with Gasteiger partial charge in [-0.15, -0.1) is 0 Å². The molecule has 0 bridgehead atoms. The highest BCUT2D eigenvalue weighted by molar-refractivity contribution is 5.95. The number of rotatable bonds is 4. The lowest BCUT2D eigenvalue weighted by Gasteiger charge is -2.21. The molecule has 4 N–H and O–H groups in total. The number of ether oxygens (including phenoxy) is 1. The van der Waals surface area contributed by atoms with Gasteiger partial charge in [-0.05, 0) is 38.0 Å². The number of anilines is 2. The highest BCUT2D eigenvalue weighted by atomic mass is 16.5. The van der Waals surface area contributed by atoms with Crippen LogP contribution in [0.3, 0.4) is 0 Å². The Labute approximate surface area is 112 Å². The molecule has 1 fully saturated rings. The number of benzene rings is 1. The summed E-state index contributed by atoms with van der Waals surface area (Å²) in [6, 6.07) is 3.72. The first-order valence-corrected chi connectivity index (χ1v) is 6.46. The zero-order valence-electron chi connectivity index (χ0n) is 11.3. The van der Waals surface area contributed by atoms with Gasteiger partial charge in [-0.2, -0.15) is 0 Å². The van der Waals surface area contributed by atoms with Gasteiger partial charge in [-0.25, -0.2) is 4.79 Å². The van der Waals surface area contributed by atoms with Gasteiger partial charge >= 0.3 is 5.97 Å². The molecule has 0 amide bonds. The Morgan fingerprint density at radius 1 is 1.58 bits per heavy atom. The molecule has 5 heteroatoms. The summed E-state index contributed by atoms with van der Waals surface area (Å²) >= 11 is 0. The predicted octanol–water partition coefficient (Wildman–Crippen LogP) is 2.11. The van der Waals surface area contributed by atoms with Crippen molar-refractivity contribution >= 4 is 17.3 Å². The second-order valence-corrected chi connectivity index (χ2v) is 5.12. The molecule has 2 atom stereocenters. The molecule has 1 saturated heterocycles. The monoisotopic (exact) mass is 264 g/mol. The lowest BCUT2D eigenvalue weighted by molar-refractivity contribution is 0.0698.